The summed E-state index contributed by atoms with van der Waals surface area (Å²) in [6.45, 7) is 3.13. The number of amides is 3. The maximum absolute atomic E-state index is 13.0. The van der Waals surface area contributed by atoms with E-state index in [0.717, 1.165) is 0 Å². The van der Waals surface area contributed by atoms with E-state index >= 15 is 0 Å². The van der Waals surface area contributed by atoms with E-state index in [9.17, 15) is 18.8 Å². The molecule has 1 fully saturated rings. The van der Waals surface area contributed by atoms with Gasteiger partial charge in [0.05, 0.1) is 11.8 Å². The largest absolute Gasteiger partial charge is 0.472 e. The molecule has 0 saturated carbocycles. The number of carbonyl (C=O) groups excluding carboxylic acids is 3. The van der Waals surface area contributed by atoms with Gasteiger partial charge in [-0.2, -0.15) is 0 Å². The van der Waals surface area contributed by atoms with Crippen molar-refractivity contribution in [2.75, 3.05) is 26.2 Å². The number of hydrogen-bond donors (Lipinski definition) is 1. The molecule has 142 valence electrons. The van der Waals surface area contributed by atoms with Gasteiger partial charge in [0.1, 0.15) is 18.1 Å². The second-order valence-electron chi connectivity index (χ2n) is 6.33. The van der Waals surface area contributed by atoms with Crippen LogP contribution in [0.2, 0.25) is 0 Å². The number of carbonyl (C=O) groups is 3. The van der Waals surface area contributed by atoms with Gasteiger partial charge in [-0.25, -0.2) is 4.39 Å². The summed E-state index contributed by atoms with van der Waals surface area (Å²) in [6.07, 6.45) is 2.70. The molecule has 1 N–H and O–H groups in total. The number of piperazine rings is 1. The molecule has 0 radical (unpaired) electrons. The molecule has 3 rings (SSSR count). The highest BCUT2D eigenvalue weighted by Crippen LogP contribution is 2.11. The lowest BCUT2D eigenvalue weighted by Gasteiger charge is -2.36. The highest BCUT2D eigenvalue weighted by atomic mass is 19.1. The first-order chi connectivity index (χ1) is 13.0. The van der Waals surface area contributed by atoms with Crippen molar-refractivity contribution >= 4 is 17.7 Å². The highest BCUT2D eigenvalue weighted by Gasteiger charge is 2.28. The molecule has 1 saturated heterocycles. The summed E-state index contributed by atoms with van der Waals surface area (Å²) in [4.78, 5) is 40.2. The smallest absolute Gasteiger partial charge is 0.255 e. The highest BCUT2D eigenvalue weighted by molar-refractivity contribution is 5.97. The van der Waals surface area contributed by atoms with Gasteiger partial charge in [-0.1, -0.05) is 0 Å². The lowest BCUT2D eigenvalue weighted by Crippen LogP contribution is -2.55. The van der Waals surface area contributed by atoms with E-state index in [1.165, 1.54) is 42.9 Å². The first-order valence-corrected chi connectivity index (χ1v) is 8.62. The average molecular weight is 373 g/mol. The van der Waals surface area contributed by atoms with Crippen LogP contribution < -0.4 is 5.32 Å². The molecule has 1 aromatic carbocycles. The third-order valence-electron chi connectivity index (χ3n) is 4.47. The zero-order valence-electron chi connectivity index (χ0n) is 14.9. The molecule has 7 nitrogen and oxygen atoms in total. The summed E-state index contributed by atoms with van der Waals surface area (Å²) in [7, 11) is 0. The predicted molar refractivity (Wildman–Crippen MR) is 94.5 cm³/mol. The van der Waals surface area contributed by atoms with E-state index in [1.54, 1.807) is 16.7 Å². The van der Waals surface area contributed by atoms with Gasteiger partial charge < -0.3 is 19.5 Å². The minimum atomic E-state index is -0.688. The lowest BCUT2D eigenvalue weighted by atomic mass is 10.1. The van der Waals surface area contributed by atoms with E-state index in [4.69, 9.17) is 4.42 Å². The van der Waals surface area contributed by atoms with Crippen molar-refractivity contribution in [1.82, 2.24) is 15.1 Å². The van der Waals surface area contributed by atoms with E-state index in [2.05, 4.69) is 5.32 Å². The molecule has 0 aliphatic carbocycles. The third-order valence-corrected chi connectivity index (χ3v) is 4.47. The van der Waals surface area contributed by atoms with Crippen LogP contribution in [-0.2, 0) is 4.79 Å². The molecule has 0 spiro atoms. The Hall–Kier alpha value is -3.16. The van der Waals surface area contributed by atoms with Crippen molar-refractivity contribution in [1.29, 1.82) is 0 Å². The summed E-state index contributed by atoms with van der Waals surface area (Å²) < 4.78 is 17.8. The van der Waals surface area contributed by atoms with Crippen LogP contribution in [0.4, 0.5) is 4.39 Å². The number of benzene rings is 1. The molecule has 8 heteroatoms. The summed E-state index contributed by atoms with van der Waals surface area (Å²) in [5.41, 5.74) is 0.765. The number of halogens is 1. The fourth-order valence-corrected chi connectivity index (χ4v) is 2.91. The molecule has 1 unspecified atom stereocenters. The van der Waals surface area contributed by atoms with E-state index in [1.807, 2.05) is 0 Å². The van der Waals surface area contributed by atoms with Crippen molar-refractivity contribution < 1.29 is 23.2 Å². The maximum atomic E-state index is 13.0. The van der Waals surface area contributed by atoms with E-state index in [-0.39, 0.29) is 17.7 Å². The number of rotatable bonds is 4. The zero-order valence-corrected chi connectivity index (χ0v) is 14.9. The van der Waals surface area contributed by atoms with Crippen molar-refractivity contribution in [2.24, 2.45) is 0 Å². The molecule has 1 aliphatic heterocycles. The normalized spacial score (nSPS) is 15.3. The Morgan fingerprint density at radius 2 is 1.63 bits per heavy atom. The third kappa shape index (κ3) is 4.33. The summed E-state index contributed by atoms with van der Waals surface area (Å²) in [5.74, 6) is -1.17. The quantitative estimate of drug-likeness (QED) is 0.881. The number of nitrogens with one attached hydrogen (secondary N) is 1. The molecular formula is C19H20FN3O4. The van der Waals surface area contributed by atoms with Crippen LogP contribution in [0.5, 0.6) is 0 Å². The summed E-state index contributed by atoms with van der Waals surface area (Å²) >= 11 is 0. The van der Waals surface area contributed by atoms with Crippen molar-refractivity contribution in [2.45, 2.75) is 13.0 Å². The Bertz CT molecular complexity index is 812. The van der Waals surface area contributed by atoms with Crippen LogP contribution >= 0.6 is 0 Å². The predicted octanol–water partition coefficient (Wildman–Crippen LogP) is 1.52. The van der Waals surface area contributed by atoms with Gasteiger partial charge in [-0.15, -0.1) is 0 Å². The number of nitrogens with zero attached hydrogens (tertiary/aromatic N) is 2. The van der Waals surface area contributed by atoms with Gasteiger partial charge in [-0.3, -0.25) is 14.4 Å². The molecular weight excluding hydrogens is 353 g/mol. The standard InChI is InChI=1S/C19H20FN3O4/c1-13(21-17(24)15-6-11-27-12-15)18(25)22-7-9-23(10-8-22)19(26)14-2-4-16(20)5-3-14/h2-6,11-13H,7-10H2,1H3,(H,21,24). The molecule has 1 aliphatic rings. The van der Waals surface area contributed by atoms with Crippen LogP contribution in [0.1, 0.15) is 27.6 Å². The lowest BCUT2D eigenvalue weighted by molar-refractivity contribution is -0.134. The second kappa shape index (κ2) is 8.03. The topological polar surface area (TPSA) is 82.9 Å². The molecule has 2 heterocycles. The molecule has 0 bridgehead atoms. The first kappa shape index (κ1) is 18.6. The zero-order chi connectivity index (χ0) is 19.4. The number of hydrogen-bond acceptors (Lipinski definition) is 4. The molecule has 27 heavy (non-hydrogen) atoms. The van der Waals surface area contributed by atoms with Gasteiger partial charge in [0.15, 0.2) is 0 Å². The Kier molecular flexibility index (Phi) is 5.54. The van der Waals surface area contributed by atoms with Crippen molar-refractivity contribution in [3.05, 3.63) is 59.8 Å². The van der Waals surface area contributed by atoms with Crippen LogP contribution in [0.25, 0.3) is 0 Å². The van der Waals surface area contributed by atoms with Gasteiger partial charge in [0.25, 0.3) is 11.8 Å². The van der Waals surface area contributed by atoms with E-state index < -0.39 is 11.9 Å². The van der Waals surface area contributed by atoms with Crippen molar-refractivity contribution in [3.63, 3.8) is 0 Å². The average Bonchev–Trinajstić information content (AvgIpc) is 3.22. The Labute approximate surface area is 155 Å². The minimum absolute atomic E-state index is 0.191. The first-order valence-electron chi connectivity index (χ1n) is 8.62. The Morgan fingerprint density at radius 1 is 1.00 bits per heavy atom. The Balaban J connectivity index is 1.52. The second-order valence-corrected chi connectivity index (χ2v) is 6.33. The molecule has 2 aromatic rings. The van der Waals surface area contributed by atoms with Crippen LogP contribution in [0.15, 0.2) is 47.3 Å². The minimum Gasteiger partial charge on any atom is -0.472 e. The molecule has 1 aromatic heterocycles. The monoisotopic (exact) mass is 373 g/mol. The molecule has 1 atom stereocenters. The van der Waals surface area contributed by atoms with Gasteiger partial charge in [-0.05, 0) is 37.3 Å². The summed E-state index contributed by atoms with van der Waals surface area (Å²) in [5, 5.41) is 2.64. The van der Waals surface area contributed by atoms with Crippen LogP contribution in [0, 0.1) is 5.82 Å². The number of furan rings is 1. The van der Waals surface area contributed by atoms with Crippen LogP contribution in [-0.4, -0.2) is 59.7 Å². The van der Waals surface area contributed by atoms with Gasteiger partial charge >= 0.3 is 0 Å². The molecule has 3 amide bonds. The van der Waals surface area contributed by atoms with Crippen LogP contribution in [0.3, 0.4) is 0 Å². The Morgan fingerprint density at radius 3 is 2.22 bits per heavy atom. The van der Waals surface area contributed by atoms with E-state index in [0.29, 0.717) is 37.3 Å². The van der Waals surface area contributed by atoms with Gasteiger partial charge in [0, 0.05) is 31.7 Å². The maximum Gasteiger partial charge on any atom is 0.255 e. The summed E-state index contributed by atoms with van der Waals surface area (Å²) in [6, 6.07) is 6.22. The van der Waals surface area contributed by atoms with Gasteiger partial charge in [0.2, 0.25) is 5.91 Å². The fourth-order valence-electron chi connectivity index (χ4n) is 2.91. The fraction of sp³-hybridized carbons (Fsp3) is 0.316. The SMILES string of the molecule is CC(NC(=O)c1ccoc1)C(=O)N1CCN(C(=O)c2ccc(F)cc2)CC1. The van der Waals surface area contributed by atoms with Crippen molar-refractivity contribution in [3.8, 4) is 0 Å².